The summed E-state index contributed by atoms with van der Waals surface area (Å²) in [4.78, 5) is 44.6. The van der Waals surface area contributed by atoms with Crippen LogP contribution < -0.4 is 10.2 Å². The Hall–Kier alpha value is -3.66. The van der Waals surface area contributed by atoms with Crippen molar-refractivity contribution in [2.24, 2.45) is 0 Å². The second-order valence-electron chi connectivity index (χ2n) is 8.90. The van der Waals surface area contributed by atoms with E-state index >= 15 is 0 Å². The molecule has 2 aliphatic rings. The van der Waals surface area contributed by atoms with E-state index in [2.05, 4.69) is 10.3 Å². The molecule has 2 atom stereocenters. The zero-order chi connectivity index (χ0) is 27.1. The third-order valence-electron chi connectivity index (χ3n) is 6.44. The number of pyridine rings is 1. The lowest BCUT2D eigenvalue weighted by Crippen LogP contribution is -2.32. The number of hydrogen-bond donors (Lipinski definition) is 2. The number of aliphatic hydroxyl groups is 1. The fourth-order valence-electron chi connectivity index (χ4n) is 4.55. The number of allylic oxidation sites excluding steroid dienone is 1. The average Bonchev–Trinajstić information content (AvgIpc) is 3.21. The van der Waals surface area contributed by atoms with E-state index in [1.807, 2.05) is 0 Å². The summed E-state index contributed by atoms with van der Waals surface area (Å²) in [5.74, 6) is -4.33. The van der Waals surface area contributed by atoms with E-state index in [9.17, 15) is 28.3 Å². The van der Waals surface area contributed by atoms with Gasteiger partial charge in [-0.05, 0) is 30.3 Å². The molecule has 1 aliphatic carbocycles. The fourth-order valence-corrected chi connectivity index (χ4v) is 5.09. The number of aliphatic hydroxyl groups excluding tert-OH is 1. The van der Waals surface area contributed by atoms with Crippen LogP contribution in [0.5, 0.6) is 0 Å². The van der Waals surface area contributed by atoms with Crippen LogP contribution in [0.25, 0.3) is 0 Å². The van der Waals surface area contributed by atoms with Gasteiger partial charge in [-0.3, -0.25) is 19.3 Å². The van der Waals surface area contributed by atoms with Gasteiger partial charge in [0.05, 0.1) is 30.3 Å². The summed E-state index contributed by atoms with van der Waals surface area (Å²) in [5, 5.41) is 13.1. The van der Waals surface area contributed by atoms with Gasteiger partial charge in [-0.15, -0.1) is 0 Å². The quantitative estimate of drug-likeness (QED) is 0.455. The van der Waals surface area contributed by atoms with Crippen molar-refractivity contribution in [1.82, 2.24) is 10.3 Å². The van der Waals surface area contributed by atoms with Crippen molar-refractivity contribution < 1.29 is 28.3 Å². The number of rotatable bonds is 5. The average molecular weight is 558 g/mol. The standard InChI is InChI=1S/C27H19Cl2F2N3O4/c28-20-2-1-3-21(29)19(20)11-32-27(38)18-10-17(15-5-4-13(30)8-22(15)31)25-16(26(18)37)6-7-23(33-25)34-12-14(35)9-24(34)36/h1-8,10,14,17,35H,9,11-12H2,(H,32,38)/t14-,17?/m0/s1. The van der Waals surface area contributed by atoms with E-state index in [0.29, 0.717) is 21.7 Å². The highest BCUT2D eigenvalue weighted by Crippen LogP contribution is 2.37. The topological polar surface area (TPSA) is 99.6 Å². The Morgan fingerprint density at radius 3 is 2.50 bits per heavy atom. The molecular weight excluding hydrogens is 539 g/mol. The van der Waals surface area contributed by atoms with Crippen LogP contribution >= 0.6 is 23.2 Å². The number of aromatic nitrogens is 1. The number of carbonyl (C=O) groups is 3. The Morgan fingerprint density at radius 2 is 1.84 bits per heavy atom. The number of nitrogens with one attached hydrogen (secondary N) is 1. The van der Waals surface area contributed by atoms with Gasteiger partial charge in [0.25, 0.3) is 5.91 Å². The summed E-state index contributed by atoms with van der Waals surface area (Å²) in [5.41, 5.74) is 0.294. The first-order chi connectivity index (χ1) is 18.1. The molecule has 2 aromatic carbocycles. The maximum Gasteiger partial charge on any atom is 0.255 e. The number of Topliss-reactive ketones (excluding diaryl/α,β-unsaturated/α-hetero) is 1. The number of amides is 2. The normalized spacial score (nSPS) is 18.9. The van der Waals surface area contributed by atoms with Crippen LogP contribution in [0, 0.1) is 11.6 Å². The third-order valence-corrected chi connectivity index (χ3v) is 7.15. The monoisotopic (exact) mass is 557 g/mol. The molecule has 11 heteroatoms. The molecule has 7 nitrogen and oxygen atoms in total. The number of ketones is 1. The first-order valence-corrected chi connectivity index (χ1v) is 12.3. The van der Waals surface area contributed by atoms with Crippen molar-refractivity contribution in [1.29, 1.82) is 0 Å². The minimum atomic E-state index is -1.05. The molecule has 1 fully saturated rings. The molecule has 2 N–H and O–H groups in total. The lowest BCUT2D eigenvalue weighted by Gasteiger charge is -2.25. The maximum atomic E-state index is 14.9. The smallest absolute Gasteiger partial charge is 0.255 e. The molecule has 5 rings (SSSR count). The molecule has 2 amide bonds. The number of β-amino-alcohol motifs (C(OH)–C–C–N with tert-alkyl or cyclic N) is 1. The highest BCUT2D eigenvalue weighted by molar-refractivity contribution is 6.36. The Morgan fingerprint density at radius 1 is 1.11 bits per heavy atom. The molecular formula is C27H19Cl2F2N3O4. The minimum absolute atomic E-state index is 0.0161. The van der Waals surface area contributed by atoms with E-state index in [4.69, 9.17) is 23.2 Å². The maximum absolute atomic E-state index is 14.9. The lowest BCUT2D eigenvalue weighted by atomic mass is 9.82. The molecule has 3 aromatic rings. The molecule has 1 saturated heterocycles. The fraction of sp³-hybridized carbons (Fsp3) is 0.185. The van der Waals surface area contributed by atoms with Gasteiger partial charge in [0.1, 0.15) is 17.5 Å². The van der Waals surface area contributed by atoms with Crippen molar-refractivity contribution in [3.05, 3.63) is 104 Å². The molecule has 38 heavy (non-hydrogen) atoms. The highest BCUT2D eigenvalue weighted by atomic mass is 35.5. The van der Waals surface area contributed by atoms with Crippen LogP contribution in [0.2, 0.25) is 10.0 Å². The Kier molecular flexibility index (Phi) is 7.00. The number of nitrogens with zero attached hydrogens (tertiary/aromatic N) is 2. The molecule has 1 aromatic heterocycles. The number of benzene rings is 2. The van der Waals surface area contributed by atoms with Gasteiger partial charge in [-0.1, -0.05) is 41.4 Å². The SMILES string of the molecule is O=C(NCc1c(Cl)cccc1Cl)C1=CC(c2ccc(F)cc2F)c2nc(N3C[C@@H](O)CC3=O)ccc2C1=O. The van der Waals surface area contributed by atoms with Crippen LogP contribution in [-0.2, 0) is 16.1 Å². The predicted molar refractivity (Wildman–Crippen MR) is 136 cm³/mol. The summed E-state index contributed by atoms with van der Waals surface area (Å²) < 4.78 is 28.6. The van der Waals surface area contributed by atoms with Gasteiger partial charge >= 0.3 is 0 Å². The van der Waals surface area contributed by atoms with Gasteiger partial charge in [-0.25, -0.2) is 13.8 Å². The van der Waals surface area contributed by atoms with E-state index in [1.54, 1.807) is 18.2 Å². The second kappa shape index (κ2) is 10.2. The number of carbonyl (C=O) groups excluding carboxylic acids is 3. The first-order valence-electron chi connectivity index (χ1n) is 11.6. The van der Waals surface area contributed by atoms with Gasteiger partial charge in [0.2, 0.25) is 5.91 Å². The van der Waals surface area contributed by atoms with Crippen molar-refractivity contribution in [2.75, 3.05) is 11.4 Å². The summed E-state index contributed by atoms with van der Waals surface area (Å²) in [6.07, 6.45) is 0.323. The Balaban J connectivity index is 1.54. The van der Waals surface area contributed by atoms with Crippen LogP contribution in [-0.4, -0.2) is 40.3 Å². The van der Waals surface area contributed by atoms with Crippen LogP contribution in [0.3, 0.4) is 0 Å². The largest absolute Gasteiger partial charge is 0.391 e. The summed E-state index contributed by atoms with van der Waals surface area (Å²) in [6, 6.07) is 10.7. The van der Waals surface area contributed by atoms with Crippen molar-refractivity contribution in [3.8, 4) is 0 Å². The molecule has 0 radical (unpaired) electrons. The summed E-state index contributed by atoms with van der Waals surface area (Å²) in [7, 11) is 0. The van der Waals surface area contributed by atoms with Gasteiger partial charge in [-0.2, -0.15) is 0 Å². The molecule has 1 aliphatic heterocycles. The molecule has 0 bridgehead atoms. The number of fused-ring (bicyclic) bond motifs is 1. The Labute approximate surface area is 225 Å². The van der Waals surface area contributed by atoms with Gasteiger partial charge < -0.3 is 10.4 Å². The van der Waals surface area contributed by atoms with E-state index in [1.165, 1.54) is 29.2 Å². The van der Waals surface area contributed by atoms with Crippen LogP contribution in [0.4, 0.5) is 14.6 Å². The van der Waals surface area contributed by atoms with E-state index in [-0.39, 0.29) is 53.6 Å². The second-order valence-corrected chi connectivity index (χ2v) is 9.71. The number of hydrogen-bond acceptors (Lipinski definition) is 5. The number of halogens is 4. The zero-order valence-electron chi connectivity index (χ0n) is 19.6. The highest BCUT2D eigenvalue weighted by Gasteiger charge is 2.36. The van der Waals surface area contributed by atoms with Crippen molar-refractivity contribution >= 4 is 46.6 Å². The van der Waals surface area contributed by atoms with Crippen LogP contribution in [0.1, 0.15) is 39.5 Å². The molecule has 0 saturated carbocycles. The number of anilines is 1. The third kappa shape index (κ3) is 4.80. The summed E-state index contributed by atoms with van der Waals surface area (Å²) >= 11 is 12.3. The van der Waals surface area contributed by atoms with Crippen molar-refractivity contribution in [2.45, 2.75) is 25.0 Å². The molecule has 194 valence electrons. The van der Waals surface area contributed by atoms with Gasteiger partial charge in [0, 0.05) is 45.3 Å². The van der Waals surface area contributed by atoms with E-state index in [0.717, 1.165) is 6.07 Å². The molecule has 2 heterocycles. The van der Waals surface area contributed by atoms with Crippen molar-refractivity contribution in [3.63, 3.8) is 0 Å². The predicted octanol–water partition coefficient (Wildman–Crippen LogP) is 4.34. The summed E-state index contributed by atoms with van der Waals surface area (Å²) in [6.45, 7) is -0.0524. The first kappa shape index (κ1) is 26.0. The molecule has 0 spiro atoms. The minimum Gasteiger partial charge on any atom is -0.391 e. The van der Waals surface area contributed by atoms with Crippen LogP contribution in [0.15, 0.2) is 60.2 Å². The van der Waals surface area contributed by atoms with E-state index < -0.39 is 35.3 Å². The Bertz CT molecular complexity index is 1510. The lowest BCUT2D eigenvalue weighted by molar-refractivity contribution is -0.118. The zero-order valence-corrected chi connectivity index (χ0v) is 21.1. The molecule has 1 unspecified atom stereocenters. The van der Waals surface area contributed by atoms with Gasteiger partial charge in [0.15, 0.2) is 5.78 Å².